The standard InChI is InChI=1S/C12H16O/c1-8-4-5-10-7-9(2)12(13-3)11(10)6-8/h4-6,9,12H,7H2,1-3H3. The molecular formula is C12H16O. The van der Waals surface area contributed by atoms with Gasteiger partial charge in [0.05, 0.1) is 6.10 Å². The zero-order valence-electron chi connectivity index (χ0n) is 8.50. The highest BCUT2D eigenvalue weighted by atomic mass is 16.5. The summed E-state index contributed by atoms with van der Waals surface area (Å²) in [6.45, 7) is 4.39. The predicted octanol–water partition coefficient (Wildman–Crippen LogP) is 2.87. The van der Waals surface area contributed by atoms with Gasteiger partial charge >= 0.3 is 0 Å². The quantitative estimate of drug-likeness (QED) is 0.639. The number of methoxy groups -OCH3 is 1. The van der Waals surface area contributed by atoms with E-state index in [1.165, 1.54) is 16.7 Å². The molecule has 2 rings (SSSR count). The van der Waals surface area contributed by atoms with Crippen LogP contribution >= 0.6 is 0 Å². The van der Waals surface area contributed by atoms with Crippen LogP contribution in [0.1, 0.15) is 29.7 Å². The molecule has 0 spiro atoms. The van der Waals surface area contributed by atoms with Crippen molar-refractivity contribution < 1.29 is 4.74 Å². The monoisotopic (exact) mass is 176 g/mol. The average molecular weight is 176 g/mol. The molecule has 1 aromatic rings. The van der Waals surface area contributed by atoms with E-state index in [2.05, 4.69) is 32.0 Å². The lowest BCUT2D eigenvalue weighted by Crippen LogP contribution is -2.05. The maximum absolute atomic E-state index is 5.50. The van der Waals surface area contributed by atoms with Crippen molar-refractivity contribution in [2.45, 2.75) is 26.4 Å². The summed E-state index contributed by atoms with van der Waals surface area (Å²) in [5, 5.41) is 0. The van der Waals surface area contributed by atoms with Crippen molar-refractivity contribution in [1.82, 2.24) is 0 Å². The second-order valence-electron chi connectivity index (χ2n) is 4.04. The van der Waals surface area contributed by atoms with Crippen molar-refractivity contribution in [2.75, 3.05) is 7.11 Å². The van der Waals surface area contributed by atoms with E-state index in [4.69, 9.17) is 4.74 Å². The van der Waals surface area contributed by atoms with Gasteiger partial charge in [-0.2, -0.15) is 0 Å². The summed E-state index contributed by atoms with van der Waals surface area (Å²) in [5.41, 5.74) is 4.19. The summed E-state index contributed by atoms with van der Waals surface area (Å²) in [6.07, 6.45) is 1.48. The fourth-order valence-electron chi connectivity index (χ4n) is 2.28. The van der Waals surface area contributed by atoms with Gasteiger partial charge in [-0.25, -0.2) is 0 Å². The van der Waals surface area contributed by atoms with Crippen LogP contribution in [-0.2, 0) is 11.2 Å². The Kier molecular flexibility index (Phi) is 2.12. The molecule has 70 valence electrons. The van der Waals surface area contributed by atoms with Crippen molar-refractivity contribution in [3.63, 3.8) is 0 Å². The van der Waals surface area contributed by atoms with Crippen molar-refractivity contribution >= 4 is 0 Å². The summed E-state index contributed by atoms with van der Waals surface area (Å²) in [4.78, 5) is 0. The fourth-order valence-corrected chi connectivity index (χ4v) is 2.28. The number of benzene rings is 1. The molecule has 1 nitrogen and oxygen atoms in total. The molecule has 1 aliphatic carbocycles. The molecule has 1 aromatic carbocycles. The number of hydrogen-bond donors (Lipinski definition) is 0. The van der Waals surface area contributed by atoms with Crippen LogP contribution in [0, 0.1) is 12.8 Å². The lowest BCUT2D eigenvalue weighted by atomic mass is 10.0. The van der Waals surface area contributed by atoms with E-state index in [0.29, 0.717) is 12.0 Å². The van der Waals surface area contributed by atoms with Gasteiger partial charge in [-0.05, 0) is 30.4 Å². The summed E-state index contributed by atoms with van der Waals surface area (Å²) < 4.78 is 5.50. The second-order valence-corrected chi connectivity index (χ2v) is 4.04. The van der Waals surface area contributed by atoms with Gasteiger partial charge in [0.15, 0.2) is 0 Å². The van der Waals surface area contributed by atoms with Gasteiger partial charge in [0, 0.05) is 7.11 Å². The largest absolute Gasteiger partial charge is 0.376 e. The van der Waals surface area contributed by atoms with Crippen molar-refractivity contribution in [2.24, 2.45) is 5.92 Å². The Labute approximate surface area is 79.7 Å². The highest BCUT2D eigenvalue weighted by molar-refractivity contribution is 5.37. The molecule has 2 unspecified atom stereocenters. The third-order valence-corrected chi connectivity index (χ3v) is 2.92. The van der Waals surface area contributed by atoms with E-state index >= 15 is 0 Å². The Bertz CT molecular complexity index is 317. The molecule has 0 amide bonds. The third-order valence-electron chi connectivity index (χ3n) is 2.92. The van der Waals surface area contributed by atoms with E-state index in [-0.39, 0.29) is 0 Å². The van der Waals surface area contributed by atoms with Gasteiger partial charge in [-0.3, -0.25) is 0 Å². The van der Waals surface area contributed by atoms with E-state index in [1.807, 2.05) is 0 Å². The summed E-state index contributed by atoms with van der Waals surface area (Å²) in [6, 6.07) is 6.68. The van der Waals surface area contributed by atoms with Crippen LogP contribution in [0.2, 0.25) is 0 Å². The van der Waals surface area contributed by atoms with Gasteiger partial charge in [0.25, 0.3) is 0 Å². The highest BCUT2D eigenvalue weighted by Crippen LogP contribution is 2.38. The maximum Gasteiger partial charge on any atom is 0.0852 e. The first-order valence-electron chi connectivity index (χ1n) is 4.84. The molecule has 2 atom stereocenters. The minimum atomic E-state index is 0.315. The predicted molar refractivity (Wildman–Crippen MR) is 53.8 cm³/mol. The lowest BCUT2D eigenvalue weighted by Gasteiger charge is -2.14. The molecule has 0 radical (unpaired) electrons. The Balaban J connectivity index is 2.44. The number of aryl methyl sites for hydroxylation is 1. The first-order valence-corrected chi connectivity index (χ1v) is 4.84. The molecule has 0 saturated heterocycles. The molecule has 0 fully saturated rings. The molecule has 0 saturated carbocycles. The SMILES string of the molecule is COC1c2cc(C)ccc2CC1C. The summed E-state index contributed by atoms with van der Waals surface area (Å²) >= 11 is 0. The van der Waals surface area contributed by atoms with Crippen LogP contribution in [-0.4, -0.2) is 7.11 Å². The molecular weight excluding hydrogens is 160 g/mol. The summed E-state index contributed by atoms with van der Waals surface area (Å²) in [5.74, 6) is 0.627. The first-order chi connectivity index (χ1) is 6.22. The molecule has 0 N–H and O–H groups in total. The average Bonchev–Trinajstić information content (AvgIpc) is 2.40. The molecule has 0 aromatic heterocycles. The van der Waals surface area contributed by atoms with Gasteiger partial charge in [-0.15, -0.1) is 0 Å². The lowest BCUT2D eigenvalue weighted by molar-refractivity contribution is 0.0695. The Morgan fingerprint density at radius 2 is 2.15 bits per heavy atom. The Hall–Kier alpha value is -0.820. The minimum Gasteiger partial charge on any atom is -0.376 e. The number of fused-ring (bicyclic) bond motifs is 1. The van der Waals surface area contributed by atoms with Crippen LogP contribution in [0.25, 0.3) is 0 Å². The second kappa shape index (κ2) is 3.15. The van der Waals surface area contributed by atoms with Crippen molar-refractivity contribution in [3.8, 4) is 0 Å². The van der Waals surface area contributed by atoms with Gasteiger partial charge in [0.2, 0.25) is 0 Å². The van der Waals surface area contributed by atoms with E-state index < -0.39 is 0 Å². The van der Waals surface area contributed by atoms with E-state index in [9.17, 15) is 0 Å². The Morgan fingerprint density at radius 1 is 1.38 bits per heavy atom. The van der Waals surface area contributed by atoms with Crippen LogP contribution in [0.5, 0.6) is 0 Å². The summed E-state index contributed by atoms with van der Waals surface area (Å²) in [7, 11) is 1.80. The molecule has 0 bridgehead atoms. The smallest absolute Gasteiger partial charge is 0.0852 e. The molecule has 0 heterocycles. The third kappa shape index (κ3) is 1.37. The normalized spacial score (nSPS) is 26.1. The first kappa shape index (κ1) is 8.76. The van der Waals surface area contributed by atoms with Crippen molar-refractivity contribution in [3.05, 3.63) is 34.9 Å². The van der Waals surface area contributed by atoms with E-state index in [0.717, 1.165) is 6.42 Å². The topological polar surface area (TPSA) is 9.23 Å². The Morgan fingerprint density at radius 3 is 2.85 bits per heavy atom. The maximum atomic E-state index is 5.50. The fraction of sp³-hybridized carbons (Fsp3) is 0.500. The van der Waals surface area contributed by atoms with Crippen LogP contribution in [0.3, 0.4) is 0 Å². The zero-order chi connectivity index (χ0) is 9.42. The van der Waals surface area contributed by atoms with Gasteiger partial charge < -0.3 is 4.74 Å². The van der Waals surface area contributed by atoms with E-state index in [1.54, 1.807) is 7.11 Å². The number of hydrogen-bond acceptors (Lipinski definition) is 1. The molecule has 0 aliphatic heterocycles. The highest BCUT2D eigenvalue weighted by Gasteiger charge is 2.28. The number of ether oxygens (including phenoxy) is 1. The van der Waals surface area contributed by atoms with Gasteiger partial charge in [-0.1, -0.05) is 30.7 Å². The zero-order valence-corrected chi connectivity index (χ0v) is 8.50. The van der Waals surface area contributed by atoms with Crippen LogP contribution in [0.15, 0.2) is 18.2 Å². The van der Waals surface area contributed by atoms with Crippen LogP contribution in [0.4, 0.5) is 0 Å². The molecule has 1 heteroatoms. The van der Waals surface area contributed by atoms with Crippen molar-refractivity contribution in [1.29, 1.82) is 0 Å². The minimum absolute atomic E-state index is 0.315. The molecule has 1 aliphatic rings. The van der Waals surface area contributed by atoms with Gasteiger partial charge in [0.1, 0.15) is 0 Å². The molecule has 13 heavy (non-hydrogen) atoms. The van der Waals surface area contributed by atoms with Crippen LogP contribution < -0.4 is 0 Å². The number of rotatable bonds is 1.